The van der Waals surface area contributed by atoms with Gasteiger partial charge in [0.1, 0.15) is 0 Å². The summed E-state index contributed by atoms with van der Waals surface area (Å²) < 4.78 is 0. The van der Waals surface area contributed by atoms with Crippen molar-refractivity contribution in [2.24, 2.45) is 0 Å². The van der Waals surface area contributed by atoms with Gasteiger partial charge in [0.05, 0.1) is 0 Å². The van der Waals surface area contributed by atoms with Gasteiger partial charge in [-0.2, -0.15) is 0 Å². The summed E-state index contributed by atoms with van der Waals surface area (Å²) >= 11 is 0. The summed E-state index contributed by atoms with van der Waals surface area (Å²) in [5, 5.41) is 8.83. The Morgan fingerprint density at radius 2 is 0.224 bits per heavy atom. The first-order chi connectivity index (χ1) is 28.9. The Bertz CT molecular complexity index is 602. The fourth-order valence-electron chi connectivity index (χ4n) is 9.55. The molecule has 0 saturated carbocycles. The molecule has 350 valence electrons. The lowest BCUT2D eigenvalue weighted by molar-refractivity contribution is 0.282. The molecule has 1 nitrogen and oxygen atoms in total. The van der Waals surface area contributed by atoms with E-state index < -0.39 is 0 Å². The van der Waals surface area contributed by atoms with Crippen molar-refractivity contribution in [3.8, 4) is 0 Å². The minimum Gasteiger partial charge on any atom is -0.396 e. The average Bonchev–Trinajstić information content (AvgIpc) is 3.23. The van der Waals surface area contributed by atoms with Crippen molar-refractivity contribution >= 4 is 0 Å². The Kier molecular flexibility index (Phi) is 56.9. The average molecular weight is 818 g/mol. The van der Waals surface area contributed by atoms with E-state index in [1.54, 1.807) is 0 Å². The van der Waals surface area contributed by atoms with Crippen molar-refractivity contribution in [1.82, 2.24) is 0 Å². The van der Waals surface area contributed by atoms with Gasteiger partial charge in [-0.15, -0.1) is 0 Å². The molecule has 0 aromatic heterocycles. The Hall–Kier alpha value is -0.0400. The molecule has 0 radical (unpaired) electrons. The molecule has 0 aliphatic rings. The van der Waals surface area contributed by atoms with Gasteiger partial charge < -0.3 is 5.11 Å². The summed E-state index contributed by atoms with van der Waals surface area (Å²) in [6.07, 6.45) is 80.5. The van der Waals surface area contributed by atoms with Gasteiger partial charge in [-0.25, -0.2) is 0 Å². The molecule has 0 aliphatic carbocycles. The van der Waals surface area contributed by atoms with Gasteiger partial charge >= 0.3 is 0 Å². The third-order valence-electron chi connectivity index (χ3n) is 13.8. The second-order valence-corrected chi connectivity index (χ2v) is 19.8. The predicted octanol–water partition coefficient (Wildman–Crippen LogP) is 21.5. The van der Waals surface area contributed by atoms with Crippen molar-refractivity contribution in [2.75, 3.05) is 6.61 Å². The van der Waals surface area contributed by atoms with Crippen molar-refractivity contribution in [1.29, 1.82) is 0 Å². The summed E-state index contributed by atoms with van der Waals surface area (Å²) in [5.41, 5.74) is 0. The van der Waals surface area contributed by atoms with Crippen LogP contribution in [0.1, 0.15) is 360 Å². The molecular formula is C57H116O. The van der Waals surface area contributed by atoms with Gasteiger partial charge in [-0.1, -0.05) is 354 Å². The summed E-state index contributed by atoms with van der Waals surface area (Å²) in [5.74, 6) is 0. The summed E-state index contributed by atoms with van der Waals surface area (Å²) in [6.45, 7) is 2.69. The van der Waals surface area contributed by atoms with Crippen molar-refractivity contribution in [3.63, 3.8) is 0 Å². The zero-order valence-electron chi connectivity index (χ0n) is 41.0. The van der Waals surface area contributed by atoms with Gasteiger partial charge in [0.25, 0.3) is 0 Å². The molecule has 0 rings (SSSR count). The maximum atomic E-state index is 8.83. The number of aliphatic hydroxyl groups is 1. The van der Waals surface area contributed by atoms with Crippen LogP contribution in [0.4, 0.5) is 0 Å². The minimum atomic E-state index is 0.375. The van der Waals surface area contributed by atoms with Crippen LogP contribution in [0.25, 0.3) is 0 Å². The van der Waals surface area contributed by atoms with Crippen molar-refractivity contribution in [2.45, 2.75) is 360 Å². The molecule has 0 atom stereocenters. The molecule has 0 heterocycles. The number of unbranched alkanes of at least 4 members (excludes halogenated alkanes) is 54. The normalized spacial score (nSPS) is 11.7. The molecule has 0 fully saturated rings. The van der Waals surface area contributed by atoms with Crippen LogP contribution in [0.5, 0.6) is 0 Å². The van der Waals surface area contributed by atoms with Gasteiger partial charge in [0.2, 0.25) is 0 Å². The van der Waals surface area contributed by atoms with E-state index in [0.717, 1.165) is 6.42 Å². The van der Waals surface area contributed by atoms with Crippen LogP contribution in [-0.2, 0) is 0 Å². The number of aliphatic hydroxyl groups excluding tert-OH is 1. The monoisotopic (exact) mass is 817 g/mol. The second-order valence-electron chi connectivity index (χ2n) is 19.8. The van der Waals surface area contributed by atoms with Crippen LogP contribution < -0.4 is 0 Å². The highest BCUT2D eigenvalue weighted by atomic mass is 16.2. The molecule has 0 spiro atoms. The van der Waals surface area contributed by atoms with E-state index in [4.69, 9.17) is 5.11 Å². The highest BCUT2D eigenvalue weighted by molar-refractivity contribution is 4.55. The third-order valence-corrected chi connectivity index (χ3v) is 13.8. The highest BCUT2D eigenvalue weighted by Gasteiger charge is 1.99. The number of hydrogen-bond acceptors (Lipinski definition) is 1. The minimum absolute atomic E-state index is 0.375. The zero-order chi connectivity index (χ0) is 41.6. The van der Waals surface area contributed by atoms with Crippen LogP contribution in [0.2, 0.25) is 0 Å². The molecule has 0 aliphatic heterocycles. The predicted molar refractivity (Wildman–Crippen MR) is 267 cm³/mol. The topological polar surface area (TPSA) is 20.2 Å². The molecule has 1 heteroatoms. The quantitative estimate of drug-likeness (QED) is 0.0606. The molecule has 1 N–H and O–H groups in total. The largest absolute Gasteiger partial charge is 0.396 e. The number of hydrogen-bond donors (Lipinski definition) is 1. The van der Waals surface area contributed by atoms with E-state index in [9.17, 15) is 0 Å². The molecule has 58 heavy (non-hydrogen) atoms. The van der Waals surface area contributed by atoms with Gasteiger partial charge in [-0.05, 0) is 6.42 Å². The Balaban J connectivity index is 3.05. The number of rotatable bonds is 55. The molecule has 0 bridgehead atoms. The van der Waals surface area contributed by atoms with E-state index in [-0.39, 0.29) is 0 Å². The van der Waals surface area contributed by atoms with Crippen molar-refractivity contribution < 1.29 is 5.11 Å². The summed E-state index contributed by atoms with van der Waals surface area (Å²) in [7, 11) is 0. The van der Waals surface area contributed by atoms with E-state index in [1.807, 2.05) is 0 Å². The van der Waals surface area contributed by atoms with Crippen LogP contribution in [0, 0.1) is 0 Å². The van der Waals surface area contributed by atoms with E-state index >= 15 is 0 Å². The lowest BCUT2D eigenvalue weighted by Crippen LogP contribution is -1.85. The molecule has 0 saturated heterocycles. The zero-order valence-corrected chi connectivity index (χ0v) is 41.0. The van der Waals surface area contributed by atoms with E-state index in [2.05, 4.69) is 6.92 Å². The first-order valence-electron chi connectivity index (χ1n) is 28.5. The Morgan fingerprint density at radius 1 is 0.138 bits per heavy atom. The third kappa shape index (κ3) is 56.0. The van der Waals surface area contributed by atoms with Crippen LogP contribution in [-0.4, -0.2) is 11.7 Å². The fourth-order valence-corrected chi connectivity index (χ4v) is 9.55. The standard InChI is InChI=1S/C57H116O/c1-2-3-4-5-6-7-8-9-10-11-12-13-14-15-16-17-18-19-20-21-22-23-24-25-26-27-28-29-30-31-32-33-34-35-36-37-38-39-40-41-42-43-44-45-46-47-48-49-50-51-52-53-54-55-56-57-58/h58H,2-57H2,1H3. The summed E-state index contributed by atoms with van der Waals surface area (Å²) in [6, 6.07) is 0. The first-order valence-corrected chi connectivity index (χ1v) is 28.5. The Morgan fingerprint density at radius 3 is 0.310 bits per heavy atom. The maximum Gasteiger partial charge on any atom is 0.0431 e. The SMILES string of the molecule is CCCCCCCCCCCCCCCCCCCCCCCCCCCCCCCCCCCCCCCCCCCCCCCCCCCCCCCCCO. The van der Waals surface area contributed by atoms with E-state index in [1.165, 1.54) is 347 Å². The maximum absolute atomic E-state index is 8.83. The second kappa shape index (κ2) is 57.0. The molecule has 0 aromatic rings. The molecule has 0 aromatic carbocycles. The molecule has 0 unspecified atom stereocenters. The van der Waals surface area contributed by atoms with E-state index in [0.29, 0.717) is 6.61 Å². The van der Waals surface area contributed by atoms with Crippen molar-refractivity contribution in [3.05, 3.63) is 0 Å². The van der Waals surface area contributed by atoms with Gasteiger partial charge in [-0.3, -0.25) is 0 Å². The van der Waals surface area contributed by atoms with Crippen LogP contribution in [0.15, 0.2) is 0 Å². The molecule has 0 amide bonds. The molecular weight excluding hydrogens is 701 g/mol. The van der Waals surface area contributed by atoms with Crippen LogP contribution >= 0.6 is 0 Å². The summed E-state index contributed by atoms with van der Waals surface area (Å²) in [4.78, 5) is 0. The smallest absolute Gasteiger partial charge is 0.0431 e. The van der Waals surface area contributed by atoms with Gasteiger partial charge in [0, 0.05) is 6.61 Å². The first kappa shape index (κ1) is 58.0. The lowest BCUT2D eigenvalue weighted by Gasteiger charge is -2.05. The Labute approximate surface area is 370 Å². The lowest BCUT2D eigenvalue weighted by atomic mass is 10.0. The van der Waals surface area contributed by atoms with Gasteiger partial charge in [0.15, 0.2) is 0 Å². The van der Waals surface area contributed by atoms with Crippen LogP contribution in [0.3, 0.4) is 0 Å². The fraction of sp³-hybridized carbons (Fsp3) is 1.00. The highest BCUT2D eigenvalue weighted by Crippen LogP contribution is 2.19.